The molecule has 0 atom stereocenters. The van der Waals surface area contributed by atoms with Crippen LogP contribution in [0.2, 0.25) is 0 Å². The zero-order chi connectivity index (χ0) is 17.4. The standard InChI is InChI=1S/C15H15N5O3S/c1-11-12(4-9-22-11)14-18-19-15(23-14)24-10-13(21)20(7-2-5-16)8-3-6-17/h4,9H,2-3,7-8,10H2,1H3. The molecule has 0 aromatic carbocycles. The lowest BCUT2D eigenvalue weighted by molar-refractivity contribution is -0.128. The van der Waals surface area contributed by atoms with Crippen LogP contribution in [0.3, 0.4) is 0 Å². The highest BCUT2D eigenvalue weighted by molar-refractivity contribution is 7.99. The summed E-state index contributed by atoms with van der Waals surface area (Å²) in [5, 5.41) is 25.4. The Labute approximate surface area is 143 Å². The minimum absolute atomic E-state index is 0.100. The van der Waals surface area contributed by atoms with Crippen LogP contribution in [-0.4, -0.2) is 39.8 Å². The van der Waals surface area contributed by atoms with Gasteiger partial charge in [0.25, 0.3) is 11.1 Å². The quantitative estimate of drug-likeness (QED) is 0.669. The van der Waals surface area contributed by atoms with Gasteiger partial charge in [0.1, 0.15) is 5.76 Å². The zero-order valence-corrected chi connectivity index (χ0v) is 13.9. The largest absolute Gasteiger partial charge is 0.469 e. The Morgan fingerprint density at radius 3 is 2.58 bits per heavy atom. The second-order valence-electron chi connectivity index (χ2n) is 4.75. The summed E-state index contributed by atoms with van der Waals surface area (Å²) in [6.45, 7) is 2.40. The van der Waals surface area contributed by atoms with Crippen molar-refractivity contribution in [3.8, 4) is 23.6 Å². The van der Waals surface area contributed by atoms with Crippen LogP contribution in [0.4, 0.5) is 0 Å². The number of hydrogen-bond acceptors (Lipinski definition) is 8. The number of thioether (sulfide) groups is 1. The maximum absolute atomic E-state index is 12.2. The van der Waals surface area contributed by atoms with Crippen LogP contribution in [0.5, 0.6) is 0 Å². The Hall–Kier alpha value is -2.78. The van der Waals surface area contributed by atoms with Crippen molar-refractivity contribution in [2.45, 2.75) is 25.0 Å². The van der Waals surface area contributed by atoms with Gasteiger partial charge in [-0.2, -0.15) is 10.5 Å². The SMILES string of the molecule is Cc1occc1-c1nnc(SCC(=O)N(CCC#N)CCC#N)o1. The van der Waals surface area contributed by atoms with Crippen LogP contribution in [0.15, 0.2) is 26.4 Å². The summed E-state index contributed by atoms with van der Waals surface area (Å²) in [5.41, 5.74) is 0.713. The molecule has 0 N–H and O–H groups in total. The molecule has 0 aliphatic rings. The van der Waals surface area contributed by atoms with E-state index in [1.165, 1.54) is 11.2 Å². The first-order valence-corrected chi connectivity index (χ1v) is 8.16. The van der Waals surface area contributed by atoms with Gasteiger partial charge in [0.05, 0.1) is 42.6 Å². The van der Waals surface area contributed by atoms with E-state index >= 15 is 0 Å². The molecule has 0 saturated heterocycles. The average molecular weight is 345 g/mol. The zero-order valence-electron chi connectivity index (χ0n) is 13.1. The predicted octanol–water partition coefficient (Wildman–Crippen LogP) is 2.39. The molecule has 9 heteroatoms. The molecular formula is C15H15N5O3S. The third kappa shape index (κ3) is 4.61. The monoisotopic (exact) mass is 345 g/mol. The van der Waals surface area contributed by atoms with Crippen LogP contribution >= 0.6 is 11.8 Å². The molecule has 0 fully saturated rings. The molecule has 0 bridgehead atoms. The van der Waals surface area contributed by atoms with Crippen LogP contribution < -0.4 is 0 Å². The van der Waals surface area contributed by atoms with E-state index in [1.54, 1.807) is 13.0 Å². The number of aromatic nitrogens is 2. The van der Waals surface area contributed by atoms with Crippen LogP contribution in [0.1, 0.15) is 18.6 Å². The summed E-state index contributed by atoms with van der Waals surface area (Å²) in [4.78, 5) is 13.7. The minimum atomic E-state index is -0.176. The summed E-state index contributed by atoms with van der Waals surface area (Å²) < 4.78 is 10.7. The first-order valence-electron chi connectivity index (χ1n) is 7.18. The molecule has 124 valence electrons. The fourth-order valence-electron chi connectivity index (χ4n) is 1.93. The van der Waals surface area contributed by atoms with Crippen molar-refractivity contribution in [3.63, 3.8) is 0 Å². The van der Waals surface area contributed by atoms with E-state index in [1.807, 2.05) is 12.1 Å². The molecule has 0 aliphatic carbocycles. The Balaban J connectivity index is 1.93. The number of carbonyl (C=O) groups is 1. The van der Waals surface area contributed by atoms with Crippen LogP contribution in [-0.2, 0) is 4.79 Å². The summed E-state index contributed by atoms with van der Waals surface area (Å²) in [6, 6.07) is 5.72. The average Bonchev–Trinajstić information content (AvgIpc) is 3.21. The highest BCUT2D eigenvalue weighted by Gasteiger charge is 2.17. The molecule has 0 spiro atoms. The lowest BCUT2D eigenvalue weighted by Gasteiger charge is -2.19. The van der Waals surface area contributed by atoms with Crippen molar-refractivity contribution in [3.05, 3.63) is 18.1 Å². The van der Waals surface area contributed by atoms with Gasteiger partial charge in [0, 0.05) is 13.1 Å². The highest BCUT2D eigenvalue weighted by atomic mass is 32.2. The van der Waals surface area contributed by atoms with E-state index in [-0.39, 0.29) is 29.7 Å². The van der Waals surface area contributed by atoms with E-state index in [2.05, 4.69) is 10.2 Å². The molecule has 8 nitrogen and oxygen atoms in total. The van der Waals surface area contributed by atoms with Gasteiger partial charge in [-0.25, -0.2) is 0 Å². The molecule has 2 rings (SSSR count). The molecule has 2 aromatic heterocycles. The fourth-order valence-corrected chi connectivity index (χ4v) is 2.60. The minimum Gasteiger partial charge on any atom is -0.469 e. The van der Waals surface area contributed by atoms with Gasteiger partial charge in [-0.15, -0.1) is 10.2 Å². The molecule has 24 heavy (non-hydrogen) atoms. The van der Waals surface area contributed by atoms with Crippen molar-refractivity contribution in [1.82, 2.24) is 15.1 Å². The number of nitriles is 2. The summed E-state index contributed by atoms with van der Waals surface area (Å²) in [6.07, 6.45) is 1.99. The fraction of sp³-hybridized carbons (Fsp3) is 0.400. The predicted molar refractivity (Wildman–Crippen MR) is 84.5 cm³/mol. The molecule has 2 aromatic rings. The van der Waals surface area contributed by atoms with Gasteiger partial charge in [-0.1, -0.05) is 11.8 Å². The molecule has 0 unspecified atom stereocenters. The number of furan rings is 1. The normalized spacial score (nSPS) is 10.1. The Kier molecular flexibility index (Phi) is 6.41. The molecule has 0 aliphatic heterocycles. The maximum Gasteiger partial charge on any atom is 0.277 e. The maximum atomic E-state index is 12.2. The van der Waals surface area contributed by atoms with E-state index in [0.29, 0.717) is 30.3 Å². The summed E-state index contributed by atoms with van der Waals surface area (Å²) in [7, 11) is 0. The van der Waals surface area contributed by atoms with Gasteiger partial charge in [0.2, 0.25) is 5.91 Å². The van der Waals surface area contributed by atoms with Crippen molar-refractivity contribution in [2.24, 2.45) is 0 Å². The van der Waals surface area contributed by atoms with Gasteiger partial charge in [0.15, 0.2) is 0 Å². The van der Waals surface area contributed by atoms with Crippen molar-refractivity contribution in [2.75, 3.05) is 18.8 Å². The Bertz CT molecular complexity index is 753. The van der Waals surface area contributed by atoms with E-state index < -0.39 is 0 Å². The smallest absolute Gasteiger partial charge is 0.277 e. The number of rotatable bonds is 8. The molecule has 2 heterocycles. The van der Waals surface area contributed by atoms with Gasteiger partial charge in [-0.05, 0) is 13.0 Å². The number of aryl methyl sites for hydroxylation is 1. The van der Waals surface area contributed by atoms with Gasteiger partial charge in [-0.3, -0.25) is 4.79 Å². The molecule has 0 saturated carbocycles. The van der Waals surface area contributed by atoms with Gasteiger partial charge < -0.3 is 13.7 Å². The lowest BCUT2D eigenvalue weighted by Crippen LogP contribution is -2.34. The third-order valence-corrected chi connectivity index (χ3v) is 3.96. The second-order valence-corrected chi connectivity index (χ2v) is 5.68. The molecular weight excluding hydrogens is 330 g/mol. The van der Waals surface area contributed by atoms with Gasteiger partial charge >= 0.3 is 0 Å². The van der Waals surface area contributed by atoms with Crippen molar-refractivity contribution < 1.29 is 13.6 Å². The van der Waals surface area contributed by atoms with Crippen molar-refractivity contribution in [1.29, 1.82) is 10.5 Å². The van der Waals surface area contributed by atoms with E-state index in [0.717, 1.165) is 11.8 Å². The van der Waals surface area contributed by atoms with E-state index in [4.69, 9.17) is 19.4 Å². The molecule has 1 amide bonds. The number of carbonyl (C=O) groups excluding carboxylic acids is 1. The second kappa shape index (κ2) is 8.75. The first kappa shape index (κ1) is 17.6. The van der Waals surface area contributed by atoms with Crippen molar-refractivity contribution >= 4 is 17.7 Å². The van der Waals surface area contributed by atoms with Crippen LogP contribution in [0, 0.1) is 29.6 Å². The first-order chi connectivity index (χ1) is 11.7. The summed E-state index contributed by atoms with van der Waals surface area (Å²) in [5.74, 6) is 0.931. The number of nitrogens with zero attached hydrogens (tertiary/aromatic N) is 5. The third-order valence-electron chi connectivity index (χ3n) is 3.15. The highest BCUT2D eigenvalue weighted by Crippen LogP contribution is 2.26. The van der Waals surface area contributed by atoms with Crippen LogP contribution in [0.25, 0.3) is 11.5 Å². The Morgan fingerprint density at radius 2 is 2.00 bits per heavy atom. The lowest BCUT2D eigenvalue weighted by atomic mass is 10.3. The number of amides is 1. The van der Waals surface area contributed by atoms with E-state index in [9.17, 15) is 4.79 Å². The molecule has 0 radical (unpaired) electrons. The number of hydrogen-bond donors (Lipinski definition) is 0. The topological polar surface area (TPSA) is 120 Å². The summed E-state index contributed by atoms with van der Waals surface area (Å²) >= 11 is 1.12. The Morgan fingerprint density at radius 1 is 1.29 bits per heavy atom.